The number of hydrogen-bond acceptors (Lipinski definition) is 3. The molecule has 20 heavy (non-hydrogen) atoms. The second kappa shape index (κ2) is 5.81. The number of carbonyl (C=O) groups excluding carboxylic acids is 1. The fraction of sp³-hybridized carbons (Fsp3) is 0.0714. The van der Waals surface area contributed by atoms with E-state index in [1.165, 1.54) is 23.1 Å². The van der Waals surface area contributed by atoms with Gasteiger partial charge in [-0.15, -0.1) is 0 Å². The molecule has 0 saturated heterocycles. The second-order valence-corrected chi connectivity index (χ2v) is 4.62. The van der Waals surface area contributed by atoms with Gasteiger partial charge in [-0.1, -0.05) is 23.7 Å². The van der Waals surface area contributed by atoms with Crippen LogP contribution in [0.3, 0.4) is 0 Å². The highest BCUT2D eigenvalue weighted by molar-refractivity contribution is 6.31. The number of hydrogen-bond donors (Lipinski definition) is 3. The van der Waals surface area contributed by atoms with E-state index < -0.39 is 6.03 Å². The molecule has 0 unspecified atom stereocenters. The maximum atomic E-state index is 11.7. The summed E-state index contributed by atoms with van der Waals surface area (Å²) in [6.07, 6.45) is 0. The molecule has 6 heteroatoms. The van der Waals surface area contributed by atoms with Crippen molar-refractivity contribution in [3.63, 3.8) is 0 Å². The average Bonchev–Trinajstić information content (AvgIpc) is 2.43. The van der Waals surface area contributed by atoms with Gasteiger partial charge in [0, 0.05) is 11.6 Å². The van der Waals surface area contributed by atoms with Gasteiger partial charge in [0.25, 0.3) is 0 Å². The lowest BCUT2D eigenvalue weighted by atomic mass is 10.1. The highest BCUT2D eigenvalue weighted by Crippen LogP contribution is 2.35. The predicted octanol–water partition coefficient (Wildman–Crippen LogP) is 2.72. The van der Waals surface area contributed by atoms with E-state index in [0.29, 0.717) is 17.3 Å². The number of anilines is 2. The summed E-state index contributed by atoms with van der Waals surface area (Å²) in [6.45, 7) is 0.335. The number of urea groups is 1. The van der Waals surface area contributed by atoms with Crippen molar-refractivity contribution in [3.8, 4) is 5.75 Å². The van der Waals surface area contributed by atoms with Crippen molar-refractivity contribution in [2.45, 2.75) is 6.54 Å². The third kappa shape index (κ3) is 2.84. The third-order valence-corrected chi connectivity index (χ3v) is 3.04. The number of nitrogens with zero attached hydrogens (tertiary/aromatic N) is 1. The van der Waals surface area contributed by atoms with E-state index in [1.807, 2.05) is 6.07 Å². The fourth-order valence-corrected chi connectivity index (χ4v) is 2.05. The first-order valence-corrected chi connectivity index (χ1v) is 6.28. The highest BCUT2D eigenvalue weighted by Gasteiger charge is 2.19. The van der Waals surface area contributed by atoms with Crippen molar-refractivity contribution in [2.75, 3.05) is 4.90 Å². The first-order chi connectivity index (χ1) is 9.52. The molecule has 0 radical (unpaired) electrons. The predicted molar refractivity (Wildman–Crippen MR) is 79.2 cm³/mol. The number of phenols is 1. The van der Waals surface area contributed by atoms with Crippen LogP contribution >= 0.6 is 11.6 Å². The van der Waals surface area contributed by atoms with Gasteiger partial charge in [0.1, 0.15) is 5.75 Å². The number of primary amides is 1. The SMILES string of the molecule is NCc1cccc(N(C(N)=O)c2cc(Cl)ccc2O)c1. The average molecular weight is 292 g/mol. The van der Waals surface area contributed by atoms with Crippen molar-refractivity contribution in [3.05, 3.63) is 53.1 Å². The van der Waals surface area contributed by atoms with Crippen LogP contribution in [0.2, 0.25) is 5.02 Å². The van der Waals surface area contributed by atoms with Gasteiger partial charge in [0.05, 0.1) is 11.4 Å². The molecule has 0 aliphatic carbocycles. The molecule has 0 aromatic heterocycles. The van der Waals surface area contributed by atoms with Gasteiger partial charge in [0.15, 0.2) is 0 Å². The summed E-state index contributed by atoms with van der Waals surface area (Å²) in [4.78, 5) is 12.9. The van der Waals surface area contributed by atoms with Crippen LogP contribution in [0.1, 0.15) is 5.56 Å². The Kier molecular flexibility index (Phi) is 4.12. The van der Waals surface area contributed by atoms with Crippen molar-refractivity contribution in [1.29, 1.82) is 0 Å². The zero-order chi connectivity index (χ0) is 14.7. The van der Waals surface area contributed by atoms with Crippen LogP contribution in [0.4, 0.5) is 16.2 Å². The smallest absolute Gasteiger partial charge is 0.324 e. The summed E-state index contributed by atoms with van der Waals surface area (Å²) >= 11 is 5.90. The molecule has 5 N–H and O–H groups in total. The zero-order valence-corrected chi connectivity index (χ0v) is 11.3. The molecule has 2 rings (SSSR count). The van der Waals surface area contributed by atoms with Gasteiger partial charge in [-0.2, -0.15) is 0 Å². The van der Waals surface area contributed by atoms with E-state index in [9.17, 15) is 9.90 Å². The maximum Gasteiger partial charge on any atom is 0.324 e. The van der Waals surface area contributed by atoms with Gasteiger partial charge in [0.2, 0.25) is 0 Å². The van der Waals surface area contributed by atoms with E-state index in [-0.39, 0.29) is 11.4 Å². The molecule has 0 aliphatic heterocycles. The lowest BCUT2D eigenvalue weighted by Gasteiger charge is -2.22. The summed E-state index contributed by atoms with van der Waals surface area (Å²) < 4.78 is 0. The standard InChI is InChI=1S/C14H14ClN3O2/c15-10-4-5-13(19)12(7-10)18(14(17)20)11-3-1-2-9(6-11)8-16/h1-7,19H,8,16H2,(H2,17,20). The van der Waals surface area contributed by atoms with Crippen LogP contribution < -0.4 is 16.4 Å². The minimum atomic E-state index is -0.725. The number of phenolic OH excluding ortho intramolecular Hbond substituents is 1. The van der Waals surface area contributed by atoms with Crippen LogP contribution in [-0.4, -0.2) is 11.1 Å². The van der Waals surface area contributed by atoms with E-state index in [0.717, 1.165) is 5.56 Å². The van der Waals surface area contributed by atoms with Gasteiger partial charge < -0.3 is 16.6 Å². The summed E-state index contributed by atoms with van der Waals surface area (Å²) in [7, 11) is 0. The minimum absolute atomic E-state index is 0.0913. The van der Waals surface area contributed by atoms with Gasteiger partial charge in [-0.05, 0) is 35.9 Å². The minimum Gasteiger partial charge on any atom is -0.506 e. The first-order valence-electron chi connectivity index (χ1n) is 5.90. The summed E-state index contributed by atoms with van der Waals surface area (Å²) in [5, 5.41) is 10.3. The molecule has 2 amide bonds. The quantitative estimate of drug-likeness (QED) is 0.812. The van der Waals surface area contributed by atoms with E-state index >= 15 is 0 Å². The lowest BCUT2D eigenvalue weighted by Crippen LogP contribution is -2.31. The first kappa shape index (κ1) is 14.2. The summed E-state index contributed by atoms with van der Waals surface area (Å²) in [5.74, 6) is -0.0913. The van der Waals surface area contributed by atoms with E-state index in [1.54, 1.807) is 18.2 Å². The number of carbonyl (C=O) groups is 1. The van der Waals surface area contributed by atoms with E-state index in [4.69, 9.17) is 23.1 Å². The monoisotopic (exact) mass is 291 g/mol. The number of amides is 2. The van der Waals surface area contributed by atoms with Crippen molar-refractivity contribution in [1.82, 2.24) is 0 Å². The molecule has 2 aromatic carbocycles. The summed E-state index contributed by atoms with van der Waals surface area (Å²) in [6, 6.07) is 10.7. The molecule has 0 bridgehead atoms. The van der Waals surface area contributed by atoms with Crippen molar-refractivity contribution < 1.29 is 9.90 Å². The maximum absolute atomic E-state index is 11.7. The van der Waals surface area contributed by atoms with Crippen LogP contribution in [0.5, 0.6) is 5.75 Å². The van der Waals surface area contributed by atoms with Gasteiger partial charge in [-0.3, -0.25) is 4.90 Å². The molecule has 0 atom stereocenters. The Balaban J connectivity index is 2.56. The molecule has 0 fully saturated rings. The van der Waals surface area contributed by atoms with E-state index in [2.05, 4.69) is 0 Å². The normalized spacial score (nSPS) is 10.3. The molecule has 0 heterocycles. The number of rotatable bonds is 3. The molecular formula is C14H14ClN3O2. The third-order valence-electron chi connectivity index (χ3n) is 2.80. The van der Waals surface area contributed by atoms with Crippen LogP contribution in [0.15, 0.2) is 42.5 Å². The largest absolute Gasteiger partial charge is 0.506 e. The number of benzene rings is 2. The molecular weight excluding hydrogens is 278 g/mol. The van der Waals surface area contributed by atoms with Crippen LogP contribution in [-0.2, 0) is 6.54 Å². The Morgan fingerprint density at radius 3 is 2.65 bits per heavy atom. The molecule has 0 spiro atoms. The Morgan fingerprint density at radius 1 is 1.25 bits per heavy atom. The zero-order valence-electron chi connectivity index (χ0n) is 10.6. The Hall–Kier alpha value is -2.24. The molecule has 2 aromatic rings. The highest BCUT2D eigenvalue weighted by atomic mass is 35.5. The number of aromatic hydroxyl groups is 1. The Morgan fingerprint density at radius 2 is 2.00 bits per heavy atom. The topological polar surface area (TPSA) is 92.6 Å². The second-order valence-electron chi connectivity index (χ2n) is 4.18. The van der Waals surface area contributed by atoms with Gasteiger partial charge >= 0.3 is 6.03 Å². The van der Waals surface area contributed by atoms with Crippen molar-refractivity contribution in [2.24, 2.45) is 11.5 Å². The lowest BCUT2D eigenvalue weighted by molar-refractivity contribution is 0.256. The molecule has 104 valence electrons. The fourth-order valence-electron chi connectivity index (χ4n) is 1.88. The Labute approximate surface area is 121 Å². The van der Waals surface area contributed by atoms with Crippen LogP contribution in [0, 0.1) is 0 Å². The van der Waals surface area contributed by atoms with Crippen molar-refractivity contribution >= 4 is 29.0 Å². The van der Waals surface area contributed by atoms with Crippen LogP contribution in [0.25, 0.3) is 0 Å². The molecule has 0 saturated carbocycles. The number of halogens is 1. The number of nitrogens with two attached hydrogens (primary N) is 2. The Bertz CT molecular complexity index is 646. The summed E-state index contributed by atoms with van der Waals surface area (Å²) in [5.41, 5.74) is 12.6. The molecule has 0 aliphatic rings. The molecule has 5 nitrogen and oxygen atoms in total. The van der Waals surface area contributed by atoms with Gasteiger partial charge in [-0.25, -0.2) is 4.79 Å².